The first-order chi connectivity index (χ1) is 13.7. The Morgan fingerprint density at radius 3 is 2.86 bits per heavy atom. The van der Waals surface area contributed by atoms with Gasteiger partial charge in [0.05, 0.1) is 21.9 Å². The van der Waals surface area contributed by atoms with Crippen LogP contribution in [0.2, 0.25) is 0 Å². The smallest absolute Gasteiger partial charge is 0.327 e. The standard InChI is InChI=1S/C20H18FN5OS/c21-13-9-22-18-17(26(12-5-6-12)20(27)25-18)16(13)10-7-11(8-10)23-19-24-14-3-1-2-4-15(14)28-19/h1-4,9-12H,5-8H2,(H,23,24)(H,22,25,27). The normalized spacial score (nSPS) is 21.9. The van der Waals surface area contributed by atoms with Crippen LogP contribution < -0.4 is 11.0 Å². The Labute approximate surface area is 163 Å². The van der Waals surface area contributed by atoms with Crippen LogP contribution in [-0.4, -0.2) is 25.6 Å². The summed E-state index contributed by atoms with van der Waals surface area (Å²) in [5, 5.41) is 4.39. The molecule has 0 radical (unpaired) electrons. The maximum atomic E-state index is 14.7. The Kier molecular flexibility index (Phi) is 3.41. The second kappa shape index (κ2) is 5.88. The second-order valence-corrected chi connectivity index (χ2v) is 8.78. The van der Waals surface area contributed by atoms with Crippen molar-refractivity contribution in [1.29, 1.82) is 0 Å². The van der Waals surface area contributed by atoms with E-state index in [0.717, 1.165) is 41.0 Å². The van der Waals surface area contributed by atoms with Crippen LogP contribution in [0.5, 0.6) is 0 Å². The number of hydrogen-bond donors (Lipinski definition) is 2. The molecule has 142 valence electrons. The van der Waals surface area contributed by atoms with Crippen molar-refractivity contribution in [2.24, 2.45) is 0 Å². The van der Waals surface area contributed by atoms with E-state index in [-0.39, 0.29) is 29.5 Å². The molecule has 28 heavy (non-hydrogen) atoms. The minimum Gasteiger partial charge on any atom is -0.359 e. The molecular weight excluding hydrogens is 377 g/mol. The van der Waals surface area contributed by atoms with Crippen LogP contribution in [0.25, 0.3) is 21.4 Å². The van der Waals surface area contributed by atoms with Gasteiger partial charge in [-0.15, -0.1) is 0 Å². The molecule has 2 saturated carbocycles. The molecule has 6 nitrogen and oxygen atoms in total. The lowest BCUT2D eigenvalue weighted by Gasteiger charge is -2.36. The van der Waals surface area contributed by atoms with Crippen LogP contribution in [0, 0.1) is 5.82 Å². The summed E-state index contributed by atoms with van der Waals surface area (Å²) >= 11 is 1.64. The zero-order valence-corrected chi connectivity index (χ0v) is 15.8. The summed E-state index contributed by atoms with van der Waals surface area (Å²) < 4.78 is 17.6. The number of pyridine rings is 1. The average Bonchev–Trinajstić information content (AvgIpc) is 3.30. The molecule has 6 rings (SSSR count). The van der Waals surface area contributed by atoms with Gasteiger partial charge in [0.15, 0.2) is 10.8 Å². The number of hydrogen-bond acceptors (Lipinski definition) is 5. The van der Waals surface area contributed by atoms with E-state index >= 15 is 0 Å². The first kappa shape index (κ1) is 16.2. The van der Waals surface area contributed by atoms with Crippen molar-refractivity contribution in [2.75, 3.05) is 5.32 Å². The number of aromatic nitrogens is 4. The van der Waals surface area contributed by atoms with Crippen molar-refractivity contribution in [3.63, 3.8) is 0 Å². The minimum atomic E-state index is -0.315. The van der Waals surface area contributed by atoms with Gasteiger partial charge in [-0.05, 0) is 43.7 Å². The number of benzene rings is 1. The predicted octanol–water partition coefficient (Wildman–Crippen LogP) is 4.17. The molecule has 1 aromatic carbocycles. The van der Waals surface area contributed by atoms with Crippen LogP contribution in [0.4, 0.5) is 9.52 Å². The molecule has 0 spiro atoms. The number of halogens is 1. The fraction of sp³-hybridized carbons (Fsp3) is 0.350. The van der Waals surface area contributed by atoms with Gasteiger partial charge in [0.2, 0.25) is 0 Å². The average molecular weight is 395 g/mol. The number of rotatable bonds is 4. The number of nitrogens with one attached hydrogen (secondary N) is 2. The van der Waals surface area contributed by atoms with E-state index in [1.165, 1.54) is 6.20 Å². The van der Waals surface area contributed by atoms with Crippen LogP contribution in [0.3, 0.4) is 0 Å². The summed E-state index contributed by atoms with van der Waals surface area (Å²) in [4.78, 5) is 23.9. The first-order valence-corrected chi connectivity index (χ1v) is 10.4. The lowest BCUT2D eigenvalue weighted by molar-refractivity contribution is 0.364. The maximum absolute atomic E-state index is 14.7. The zero-order chi connectivity index (χ0) is 18.8. The molecule has 2 N–H and O–H groups in total. The van der Waals surface area contributed by atoms with E-state index in [1.54, 1.807) is 15.9 Å². The van der Waals surface area contributed by atoms with E-state index < -0.39 is 0 Å². The second-order valence-electron chi connectivity index (χ2n) is 7.74. The quantitative estimate of drug-likeness (QED) is 0.544. The molecule has 2 aliphatic carbocycles. The van der Waals surface area contributed by atoms with Crippen molar-refractivity contribution < 1.29 is 4.39 Å². The fourth-order valence-electron chi connectivity index (χ4n) is 4.24. The summed E-state index contributed by atoms with van der Waals surface area (Å²) in [5.41, 5.74) is 2.61. The molecule has 0 unspecified atom stereocenters. The molecule has 4 aromatic rings. The molecule has 0 saturated heterocycles. The molecule has 3 aromatic heterocycles. The highest BCUT2D eigenvalue weighted by molar-refractivity contribution is 7.22. The maximum Gasteiger partial charge on any atom is 0.327 e. The van der Waals surface area contributed by atoms with Crippen LogP contribution in [0.15, 0.2) is 35.3 Å². The van der Waals surface area contributed by atoms with Crippen molar-refractivity contribution in [1.82, 2.24) is 19.5 Å². The van der Waals surface area contributed by atoms with Gasteiger partial charge in [-0.1, -0.05) is 23.5 Å². The molecule has 0 aliphatic heterocycles. The molecular formula is C20H18FN5OS. The molecule has 0 amide bonds. The topological polar surface area (TPSA) is 75.6 Å². The Bertz CT molecular complexity index is 1230. The van der Waals surface area contributed by atoms with Crippen molar-refractivity contribution in [2.45, 2.75) is 43.7 Å². The largest absolute Gasteiger partial charge is 0.359 e. The van der Waals surface area contributed by atoms with Gasteiger partial charge in [-0.2, -0.15) is 0 Å². The molecule has 3 heterocycles. The number of thiazole rings is 1. The van der Waals surface area contributed by atoms with Crippen molar-refractivity contribution >= 4 is 37.8 Å². The Morgan fingerprint density at radius 1 is 1.25 bits per heavy atom. The highest BCUT2D eigenvalue weighted by atomic mass is 32.1. The highest BCUT2D eigenvalue weighted by Crippen LogP contribution is 2.44. The van der Waals surface area contributed by atoms with Crippen LogP contribution >= 0.6 is 11.3 Å². The lowest BCUT2D eigenvalue weighted by atomic mass is 9.75. The van der Waals surface area contributed by atoms with Crippen LogP contribution in [-0.2, 0) is 0 Å². The third-order valence-corrected chi connectivity index (χ3v) is 6.78. The third kappa shape index (κ3) is 2.47. The summed E-state index contributed by atoms with van der Waals surface area (Å²) in [6, 6.07) is 8.50. The van der Waals surface area contributed by atoms with Crippen molar-refractivity contribution in [3.8, 4) is 0 Å². The molecule has 8 heteroatoms. The molecule has 2 aliphatic rings. The number of H-pyrrole nitrogens is 1. The van der Waals surface area contributed by atoms with E-state index in [4.69, 9.17) is 0 Å². The monoisotopic (exact) mass is 395 g/mol. The molecule has 0 bridgehead atoms. The zero-order valence-electron chi connectivity index (χ0n) is 15.0. The molecule has 0 atom stereocenters. The number of para-hydroxylation sites is 1. The minimum absolute atomic E-state index is 0.0811. The van der Waals surface area contributed by atoms with E-state index in [1.807, 2.05) is 18.2 Å². The van der Waals surface area contributed by atoms with Gasteiger partial charge in [0, 0.05) is 17.6 Å². The Morgan fingerprint density at radius 2 is 2.07 bits per heavy atom. The number of fused-ring (bicyclic) bond motifs is 2. The first-order valence-electron chi connectivity index (χ1n) is 9.58. The summed E-state index contributed by atoms with van der Waals surface area (Å²) in [5.74, 6) is -0.234. The summed E-state index contributed by atoms with van der Waals surface area (Å²) in [6.07, 6.45) is 4.80. The van der Waals surface area contributed by atoms with Gasteiger partial charge in [0.1, 0.15) is 5.82 Å². The SMILES string of the molecule is O=c1[nH]c2ncc(F)c(C3CC(Nc4nc5ccccc5s4)C3)c2n1C1CC1. The number of anilines is 1. The van der Waals surface area contributed by atoms with Gasteiger partial charge < -0.3 is 5.32 Å². The van der Waals surface area contributed by atoms with E-state index in [2.05, 4.69) is 26.3 Å². The van der Waals surface area contributed by atoms with Gasteiger partial charge in [0.25, 0.3) is 0 Å². The fourth-order valence-corrected chi connectivity index (χ4v) is 5.18. The van der Waals surface area contributed by atoms with Gasteiger partial charge in [-0.25, -0.2) is 19.2 Å². The number of aromatic amines is 1. The van der Waals surface area contributed by atoms with Crippen molar-refractivity contribution in [3.05, 3.63) is 52.3 Å². The summed E-state index contributed by atoms with van der Waals surface area (Å²) in [6.45, 7) is 0. The third-order valence-electron chi connectivity index (χ3n) is 5.81. The number of nitrogens with zero attached hydrogens (tertiary/aromatic N) is 3. The lowest BCUT2D eigenvalue weighted by Crippen LogP contribution is -2.34. The van der Waals surface area contributed by atoms with E-state index in [9.17, 15) is 9.18 Å². The Hall–Kier alpha value is -2.74. The van der Waals surface area contributed by atoms with Gasteiger partial charge >= 0.3 is 5.69 Å². The predicted molar refractivity (Wildman–Crippen MR) is 108 cm³/mol. The number of imidazole rings is 1. The van der Waals surface area contributed by atoms with Crippen LogP contribution in [0.1, 0.15) is 43.2 Å². The van der Waals surface area contributed by atoms with Gasteiger partial charge in [-0.3, -0.25) is 9.55 Å². The molecule has 2 fully saturated rings. The van der Waals surface area contributed by atoms with E-state index in [0.29, 0.717) is 16.7 Å². The Balaban J connectivity index is 1.28. The summed E-state index contributed by atoms with van der Waals surface area (Å²) in [7, 11) is 0. The highest BCUT2D eigenvalue weighted by Gasteiger charge is 2.37.